The van der Waals surface area contributed by atoms with E-state index in [4.69, 9.17) is 9.47 Å². The van der Waals surface area contributed by atoms with Crippen molar-refractivity contribution in [3.05, 3.63) is 0 Å². The van der Waals surface area contributed by atoms with E-state index in [1.165, 1.54) is 0 Å². The molecule has 1 unspecified atom stereocenters. The third-order valence-electron chi connectivity index (χ3n) is 3.95. The smallest absolute Gasteiger partial charge is 0.348 e. The van der Waals surface area contributed by atoms with Gasteiger partial charge in [0.2, 0.25) is 6.10 Å². The molecule has 0 aliphatic carbocycles. The van der Waals surface area contributed by atoms with Gasteiger partial charge in [-0.05, 0) is 33.1 Å². The zero-order chi connectivity index (χ0) is 14.4. The van der Waals surface area contributed by atoms with Gasteiger partial charge in [-0.15, -0.1) is 0 Å². The van der Waals surface area contributed by atoms with Gasteiger partial charge in [-0.3, -0.25) is 4.79 Å². The van der Waals surface area contributed by atoms with Gasteiger partial charge in [-0.1, -0.05) is 20.8 Å². The minimum atomic E-state index is -0.769. The van der Waals surface area contributed by atoms with E-state index in [0.29, 0.717) is 6.42 Å². The van der Waals surface area contributed by atoms with Crippen molar-refractivity contribution in [2.75, 3.05) is 0 Å². The van der Waals surface area contributed by atoms with Crippen LogP contribution in [0.1, 0.15) is 54.9 Å². The molecule has 0 aromatic carbocycles. The van der Waals surface area contributed by atoms with Gasteiger partial charge in [0.15, 0.2) is 0 Å². The van der Waals surface area contributed by atoms with Gasteiger partial charge in [0.05, 0.1) is 5.41 Å². The second kappa shape index (κ2) is 4.25. The lowest BCUT2D eigenvalue weighted by atomic mass is 9.69. The average Bonchev–Trinajstić information content (AvgIpc) is 2.37. The lowest BCUT2D eigenvalue weighted by molar-refractivity contribution is -0.172. The molecule has 0 aromatic heterocycles. The molecule has 0 saturated carbocycles. The van der Waals surface area contributed by atoms with Crippen LogP contribution in [0, 0.1) is 10.8 Å². The van der Waals surface area contributed by atoms with E-state index in [0.717, 1.165) is 0 Å². The fourth-order valence-corrected chi connectivity index (χ4v) is 1.58. The predicted molar refractivity (Wildman–Crippen MR) is 67.9 cm³/mol. The molecule has 4 heteroatoms. The molecule has 18 heavy (non-hydrogen) atoms. The van der Waals surface area contributed by atoms with Crippen molar-refractivity contribution < 1.29 is 19.1 Å². The number of cyclic esters (lactones) is 1. The van der Waals surface area contributed by atoms with Gasteiger partial charge < -0.3 is 9.47 Å². The Morgan fingerprint density at radius 2 is 1.78 bits per heavy atom. The van der Waals surface area contributed by atoms with Crippen molar-refractivity contribution >= 4 is 11.9 Å². The van der Waals surface area contributed by atoms with Crippen LogP contribution in [0.5, 0.6) is 0 Å². The van der Waals surface area contributed by atoms with Crippen LogP contribution in [0.25, 0.3) is 0 Å². The van der Waals surface area contributed by atoms with E-state index in [1.54, 1.807) is 0 Å². The number of esters is 2. The third-order valence-corrected chi connectivity index (χ3v) is 3.95. The van der Waals surface area contributed by atoms with Crippen LogP contribution < -0.4 is 0 Å². The first-order valence-electron chi connectivity index (χ1n) is 6.31. The minimum absolute atomic E-state index is 0.234. The number of rotatable bonds is 2. The topological polar surface area (TPSA) is 52.6 Å². The quantitative estimate of drug-likeness (QED) is 0.713. The van der Waals surface area contributed by atoms with Gasteiger partial charge in [0.25, 0.3) is 0 Å². The highest BCUT2D eigenvalue weighted by atomic mass is 16.6. The van der Waals surface area contributed by atoms with Gasteiger partial charge >= 0.3 is 11.9 Å². The number of ether oxygens (including phenoxy) is 2. The Morgan fingerprint density at radius 1 is 1.28 bits per heavy atom. The van der Waals surface area contributed by atoms with Gasteiger partial charge in [0, 0.05) is 6.42 Å². The molecule has 1 heterocycles. The van der Waals surface area contributed by atoms with Crippen molar-refractivity contribution in [2.24, 2.45) is 10.8 Å². The summed E-state index contributed by atoms with van der Waals surface area (Å²) >= 11 is 0. The highest BCUT2D eigenvalue weighted by Gasteiger charge is 2.47. The molecule has 1 fully saturated rings. The molecule has 1 aliphatic heterocycles. The number of hydrogen-bond donors (Lipinski definition) is 0. The average molecular weight is 256 g/mol. The number of hydrogen-bond acceptors (Lipinski definition) is 4. The minimum Gasteiger partial charge on any atom is -0.457 e. The molecular weight excluding hydrogens is 232 g/mol. The van der Waals surface area contributed by atoms with Gasteiger partial charge in [0.1, 0.15) is 5.60 Å². The Hall–Kier alpha value is -1.06. The van der Waals surface area contributed by atoms with Crippen LogP contribution in [-0.4, -0.2) is 23.6 Å². The van der Waals surface area contributed by atoms with E-state index in [2.05, 4.69) is 0 Å². The van der Waals surface area contributed by atoms with Crippen LogP contribution in [0.3, 0.4) is 0 Å². The largest absolute Gasteiger partial charge is 0.457 e. The predicted octanol–water partition coefficient (Wildman–Crippen LogP) is 2.70. The molecule has 0 spiro atoms. The molecule has 0 radical (unpaired) electrons. The van der Waals surface area contributed by atoms with E-state index in [-0.39, 0.29) is 11.4 Å². The van der Waals surface area contributed by atoms with E-state index in [9.17, 15) is 9.59 Å². The number of carbonyl (C=O) groups is 2. The molecule has 1 saturated heterocycles. The van der Waals surface area contributed by atoms with Crippen LogP contribution in [0.15, 0.2) is 0 Å². The van der Waals surface area contributed by atoms with Crippen LogP contribution >= 0.6 is 0 Å². The summed E-state index contributed by atoms with van der Waals surface area (Å²) in [6.45, 7) is 13.2. The second-order valence-electron chi connectivity index (χ2n) is 7.15. The fourth-order valence-electron chi connectivity index (χ4n) is 1.58. The summed E-state index contributed by atoms with van der Waals surface area (Å²) in [6.07, 6.45) is -0.355. The zero-order valence-corrected chi connectivity index (χ0v) is 12.4. The maximum absolute atomic E-state index is 12.2. The highest BCUT2D eigenvalue weighted by Crippen LogP contribution is 2.40. The van der Waals surface area contributed by atoms with Crippen molar-refractivity contribution in [1.82, 2.24) is 0 Å². The van der Waals surface area contributed by atoms with Crippen LogP contribution in [-0.2, 0) is 19.1 Å². The normalized spacial score (nSPS) is 23.7. The third kappa shape index (κ3) is 2.85. The molecule has 0 bridgehead atoms. The first-order valence-corrected chi connectivity index (χ1v) is 6.31. The Balaban J connectivity index is 2.76. The first kappa shape index (κ1) is 15.0. The summed E-state index contributed by atoms with van der Waals surface area (Å²) in [5, 5.41) is 0. The molecule has 1 aliphatic rings. The van der Waals surface area contributed by atoms with Crippen molar-refractivity contribution in [1.29, 1.82) is 0 Å². The molecule has 1 rings (SSSR count). The fraction of sp³-hybridized carbons (Fsp3) is 0.857. The Labute approximate surface area is 109 Å². The summed E-state index contributed by atoms with van der Waals surface area (Å²) < 4.78 is 10.5. The summed E-state index contributed by atoms with van der Waals surface area (Å²) in [5.74, 6) is -0.798. The molecular formula is C14H24O4. The summed E-state index contributed by atoms with van der Waals surface area (Å²) in [6, 6.07) is 0. The van der Waals surface area contributed by atoms with E-state index < -0.39 is 23.1 Å². The first-order chi connectivity index (χ1) is 7.87. The van der Waals surface area contributed by atoms with Crippen molar-refractivity contribution in [3.8, 4) is 0 Å². The van der Waals surface area contributed by atoms with E-state index in [1.807, 2.05) is 48.5 Å². The Kier molecular flexibility index (Phi) is 3.54. The van der Waals surface area contributed by atoms with Crippen molar-refractivity contribution in [3.63, 3.8) is 0 Å². The summed E-state index contributed by atoms with van der Waals surface area (Å²) in [7, 11) is 0. The Bertz CT molecular complexity index is 360. The van der Waals surface area contributed by atoms with Gasteiger partial charge in [-0.2, -0.15) is 0 Å². The lowest BCUT2D eigenvalue weighted by Gasteiger charge is -2.36. The SMILES string of the molecule is CC1(C)CC(OC(=O)C(C)(C)C(C)(C)C)C(=O)O1. The molecule has 1 atom stereocenters. The van der Waals surface area contributed by atoms with Crippen LogP contribution in [0.2, 0.25) is 0 Å². The highest BCUT2D eigenvalue weighted by molar-refractivity contribution is 5.83. The van der Waals surface area contributed by atoms with Crippen molar-refractivity contribution in [2.45, 2.75) is 66.6 Å². The second-order valence-corrected chi connectivity index (χ2v) is 7.15. The zero-order valence-electron chi connectivity index (χ0n) is 12.4. The molecule has 0 N–H and O–H groups in total. The maximum Gasteiger partial charge on any atom is 0.348 e. The maximum atomic E-state index is 12.2. The summed E-state index contributed by atoms with van der Waals surface area (Å²) in [4.78, 5) is 23.8. The number of carbonyl (C=O) groups excluding carboxylic acids is 2. The van der Waals surface area contributed by atoms with E-state index >= 15 is 0 Å². The summed E-state index contributed by atoms with van der Waals surface area (Å²) in [5.41, 5.74) is -1.43. The standard InChI is InChI=1S/C14H24O4/c1-12(2,3)14(6,7)11(16)17-9-8-13(4,5)18-10(9)15/h9H,8H2,1-7H3. The van der Waals surface area contributed by atoms with Crippen LogP contribution in [0.4, 0.5) is 0 Å². The molecule has 104 valence electrons. The lowest BCUT2D eigenvalue weighted by Crippen LogP contribution is -2.41. The van der Waals surface area contributed by atoms with Gasteiger partial charge in [-0.25, -0.2) is 4.79 Å². The molecule has 0 aromatic rings. The molecule has 0 amide bonds. The Morgan fingerprint density at radius 3 is 2.11 bits per heavy atom. The monoisotopic (exact) mass is 256 g/mol. The molecule has 4 nitrogen and oxygen atoms in total.